The first-order chi connectivity index (χ1) is 7.93. The highest BCUT2D eigenvalue weighted by Crippen LogP contribution is 2.30. The molecule has 1 unspecified atom stereocenters. The van der Waals surface area contributed by atoms with Crippen LogP contribution in [0.2, 0.25) is 0 Å². The topological polar surface area (TPSA) is 94.3 Å². The highest BCUT2D eigenvalue weighted by Gasteiger charge is 2.43. The van der Waals surface area contributed by atoms with Gasteiger partial charge in [0.1, 0.15) is 0 Å². The summed E-state index contributed by atoms with van der Waals surface area (Å²) in [5.41, 5.74) is -0.435. The van der Waals surface area contributed by atoms with Gasteiger partial charge in [0.05, 0.1) is 4.92 Å². The summed E-state index contributed by atoms with van der Waals surface area (Å²) >= 11 is 5.15. The quantitative estimate of drug-likeness (QED) is 0.343. The molecule has 6 nitrogen and oxygen atoms in total. The number of hydrogen-bond donors (Lipinski definition) is 0. The van der Waals surface area contributed by atoms with E-state index in [1.54, 1.807) is 0 Å². The molecule has 0 saturated heterocycles. The molecule has 0 amide bonds. The molecule has 1 aliphatic rings. The van der Waals surface area contributed by atoms with Crippen molar-refractivity contribution in [3.63, 3.8) is 0 Å². The van der Waals surface area contributed by atoms with Crippen molar-refractivity contribution >= 4 is 34.1 Å². The Morgan fingerprint density at radius 3 is 2.35 bits per heavy atom. The molecule has 1 aromatic rings. The number of nitrogens with zero attached hydrogens (tertiary/aromatic N) is 1. The van der Waals surface area contributed by atoms with Crippen LogP contribution >= 0.6 is 11.6 Å². The number of rotatable bonds is 2. The molecule has 86 valence electrons. The molecular weight excluding hydrogens is 250 g/mol. The maximum Gasteiger partial charge on any atom is 0.270 e. The molecule has 0 aliphatic heterocycles. The predicted octanol–water partition coefficient (Wildman–Crippen LogP) is 1.36. The summed E-state index contributed by atoms with van der Waals surface area (Å²) in [6.07, 6.45) is 0. The molecule has 17 heavy (non-hydrogen) atoms. The van der Waals surface area contributed by atoms with Crippen LogP contribution in [-0.4, -0.2) is 21.7 Å². The van der Waals surface area contributed by atoms with Crippen LogP contribution in [0, 0.1) is 16.0 Å². The Bertz CT molecular complexity index is 580. The molecule has 0 aromatic heterocycles. The van der Waals surface area contributed by atoms with Gasteiger partial charge < -0.3 is 0 Å². The minimum atomic E-state index is -1.56. The monoisotopic (exact) mass is 253 g/mol. The first-order valence-electron chi connectivity index (χ1n) is 4.49. The zero-order valence-corrected chi connectivity index (χ0v) is 8.93. The second-order valence-electron chi connectivity index (χ2n) is 3.45. The van der Waals surface area contributed by atoms with Crippen molar-refractivity contribution in [3.8, 4) is 0 Å². The van der Waals surface area contributed by atoms with Crippen molar-refractivity contribution in [2.75, 3.05) is 0 Å². The van der Waals surface area contributed by atoms with Gasteiger partial charge >= 0.3 is 0 Å². The Hall–Kier alpha value is -2.08. The first-order valence-corrected chi connectivity index (χ1v) is 4.87. The first kappa shape index (κ1) is 11.4. The van der Waals surface area contributed by atoms with E-state index < -0.39 is 27.7 Å². The lowest BCUT2D eigenvalue weighted by Crippen LogP contribution is -2.21. The van der Waals surface area contributed by atoms with Crippen LogP contribution in [0.1, 0.15) is 20.7 Å². The maximum atomic E-state index is 11.7. The van der Waals surface area contributed by atoms with Gasteiger partial charge in [-0.25, -0.2) is 0 Å². The molecule has 0 bridgehead atoms. The Labute approximate surface area is 99.3 Å². The van der Waals surface area contributed by atoms with E-state index in [4.69, 9.17) is 11.6 Å². The molecule has 2 rings (SSSR count). The van der Waals surface area contributed by atoms with Crippen LogP contribution in [-0.2, 0) is 4.79 Å². The fourth-order valence-electron chi connectivity index (χ4n) is 1.70. The third-order valence-corrected chi connectivity index (χ3v) is 2.71. The summed E-state index contributed by atoms with van der Waals surface area (Å²) in [7, 11) is 0. The van der Waals surface area contributed by atoms with E-state index >= 15 is 0 Å². The maximum absolute atomic E-state index is 11.7. The summed E-state index contributed by atoms with van der Waals surface area (Å²) in [4.78, 5) is 44.1. The summed E-state index contributed by atoms with van der Waals surface area (Å²) in [5.74, 6) is -3.05. The number of nitro groups is 1. The van der Waals surface area contributed by atoms with Crippen molar-refractivity contribution in [2.24, 2.45) is 5.92 Å². The predicted molar refractivity (Wildman–Crippen MR) is 56.1 cm³/mol. The number of Topliss-reactive ketones (excluding diaryl/α,β-unsaturated/α-hetero) is 2. The standard InChI is InChI=1S/C10H4ClNO5/c11-10(15)7-8(13)5-2-1-4(12(16)17)3-6(5)9(7)14/h1-3,7H. The van der Waals surface area contributed by atoms with E-state index in [1.807, 2.05) is 0 Å². The minimum absolute atomic E-state index is 0.000370. The van der Waals surface area contributed by atoms with Gasteiger partial charge in [-0.05, 0) is 17.7 Å². The smallest absolute Gasteiger partial charge is 0.270 e. The summed E-state index contributed by atoms with van der Waals surface area (Å²) < 4.78 is 0. The third-order valence-electron chi connectivity index (χ3n) is 2.50. The van der Waals surface area contributed by atoms with Gasteiger partial charge in [-0.1, -0.05) is 0 Å². The van der Waals surface area contributed by atoms with Gasteiger partial charge in [-0.15, -0.1) is 0 Å². The second-order valence-corrected chi connectivity index (χ2v) is 3.83. The molecule has 1 aliphatic carbocycles. The van der Waals surface area contributed by atoms with Crippen LogP contribution in [0.4, 0.5) is 5.69 Å². The average Bonchev–Trinajstić information content (AvgIpc) is 2.51. The van der Waals surface area contributed by atoms with Crippen LogP contribution in [0.3, 0.4) is 0 Å². The number of carbonyl (C=O) groups excluding carboxylic acids is 3. The van der Waals surface area contributed by atoms with E-state index in [0.717, 1.165) is 18.2 Å². The Balaban J connectivity index is 2.58. The molecular formula is C10H4ClNO5. The van der Waals surface area contributed by atoms with Gasteiger partial charge in [-0.2, -0.15) is 0 Å². The number of carbonyl (C=O) groups is 3. The molecule has 0 fully saturated rings. The second kappa shape index (κ2) is 3.74. The van der Waals surface area contributed by atoms with Gasteiger partial charge in [0, 0.05) is 23.3 Å². The average molecular weight is 254 g/mol. The molecule has 0 radical (unpaired) electrons. The van der Waals surface area contributed by atoms with Gasteiger partial charge in [0.2, 0.25) is 5.24 Å². The van der Waals surface area contributed by atoms with E-state index in [2.05, 4.69) is 0 Å². The summed E-state index contributed by atoms with van der Waals surface area (Å²) in [5, 5.41) is 9.45. The van der Waals surface area contributed by atoms with E-state index in [1.165, 1.54) is 0 Å². The zero-order valence-electron chi connectivity index (χ0n) is 8.18. The molecule has 0 spiro atoms. The van der Waals surface area contributed by atoms with Crippen LogP contribution in [0.15, 0.2) is 18.2 Å². The summed E-state index contributed by atoms with van der Waals surface area (Å²) in [6, 6.07) is 3.24. The lowest BCUT2D eigenvalue weighted by molar-refractivity contribution is -0.384. The fourth-order valence-corrected chi connectivity index (χ4v) is 1.90. The Kier molecular flexibility index (Phi) is 2.51. The number of halogens is 1. The highest BCUT2D eigenvalue weighted by molar-refractivity contribution is 6.69. The van der Waals surface area contributed by atoms with Gasteiger partial charge in [-0.3, -0.25) is 24.5 Å². The van der Waals surface area contributed by atoms with E-state index in [0.29, 0.717) is 0 Å². The van der Waals surface area contributed by atoms with E-state index in [9.17, 15) is 24.5 Å². The Morgan fingerprint density at radius 2 is 1.82 bits per heavy atom. The minimum Gasteiger partial charge on any atom is -0.293 e. The fraction of sp³-hybridized carbons (Fsp3) is 0.100. The largest absolute Gasteiger partial charge is 0.293 e. The van der Waals surface area contributed by atoms with Crippen LogP contribution < -0.4 is 0 Å². The van der Waals surface area contributed by atoms with Crippen molar-refractivity contribution < 1.29 is 19.3 Å². The van der Waals surface area contributed by atoms with Gasteiger partial charge in [0.15, 0.2) is 17.5 Å². The number of benzene rings is 1. The van der Waals surface area contributed by atoms with Crippen molar-refractivity contribution in [2.45, 2.75) is 0 Å². The number of non-ortho nitro benzene ring substituents is 1. The third kappa shape index (κ3) is 1.62. The normalized spacial score (nSPS) is 18.1. The van der Waals surface area contributed by atoms with Crippen molar-refractivity contribution in [1.82, 2.24) is 0 Å². The molecule has 1 atom stereocenters. The van der Waals surface area contributed by atoms with Gasteiger partial charge in [0.25, 0.3) is 5.69 Å². The Morgan fingerprint density at radius 1 is 1.24 bits per heavy atom. The molecule has 7 heteroatoms. The molecule has 0 saturated carbocycles. The lowest BCUT2D eigenvalue weighted by Gasteiger charge is -1.96. The van der Waals surface area contributed by atoms with Crippen LogP contribution in [0.5, 0.6) is 0 Å². The lowest BCUT2D eigenvalue weighted by atomic mass is 10.1. The van der Waals surface area contributed by atoms with E-state index in [-0.39, 0.29) is 16.8 Å². The molecule has 1 aromatic carbocycles. The number of fused-ring (bicyclic) bond motifs is 1. The van der Waals surface area contributed by atoms with Crippen molar-refractivity contribution in [1.29, 1.82) is 0 Å². The number of nitro benzene ring substituents is 1. The number of ketones is 2. The van der Waals surface area contributed by atoms with Crippen molar-refractivity contribution in [3.05, 3.63) is 39.4 Å². The number of hydrogen-bond acceptors (Lipinski definition) is 5. The van der Waals surface area contributed by atoms with Crippen LogP contribution in [0.25, 0.3) is 0 Å². The zero-order chi connectivity index (χ0) is 12.7. The molecule has 0 heterocycles. The molecule has 0 N–H and O–H groups in total. The highest BCUT2D eigenvalue weighted by atomic mass is 35.5. The summed E-state index contributed by atoms with van der Waals surface area (Å²) in [6.45, 7) is 0. The SMILES string of the molecule is O=C(Cl)C1C(=O)c2ccc([N+](=O)[O-])cc2C1=O.